The summed E-state index contributed by atoms with van der Waals surface area (Å²) in [5.74, 6) is -0.609. The van der Waals surface area contributed by atoms with Gasteiger partial charge >= 0.3 is 6.18 Å². The zero-order valence-corrected chi connectivity index (χ0v) is 18.3. The van der Waals surface area contributed by atoms with E-state index in [1.54, 1.807) is 12.5 Å². The van der Waals surface area contributed by atoms with Crippen LogP contribution < -0.4 is 10.6 Å². The highest BCUT2D eigenvalue weighted by atomic mass is 127. The fourth-order valence-corrected chi connectivity index (χ4v) is 2.86. The first-order valence-electron chi connectivity index (χ1n) is 8.75. The van der Waals surface area contributed by atoms with Gasteiger partial charge in [0.1, 0.15) is 5.82 Å². The van der Waals surface area contributed by atoms with Gasteiger partial charge in [0.2, 0.25) is 0 Å². The van der Waals surface area contributed by atoms with E-state index in [9.17, 15) is 17.6 Å². The summed E-state index contributed by atoms with van der Waals surface area (Å²) in [6.45, 7) is 0.238. The van der Waals surface area contributed by atoms with E-state index in [-0.39, 0.29) is 36.1 Å². The minimum atomic E-state index is -4.64. The Morgan fingerprint density at radius 3 is 2.40 bits per heavy atom. The van der Waals surface area contributed by atoms with Crippen LogP contribution in [0, 0.1) is 5.82 Å². The van der Waals surface area contributed by atoms with Crippen molar-refractivity contribution in [3.63, 3.8) is 0 Å². The van der Waals surface area contributed by atoms with Gasteiger partial charge in [-0.1, -0.05) is 24.3 Å². The van der Waals surface area contributed by atoms with Gasteiger partial charge < -0.3 is 15.2 Å². The largest absolute Gasteiger partial charge is 0.416 e. The molecule has 0 saturated carbocycles. The molecule has 2 aromatic carbocycles. The third-order valence-electron chi connectivity index (χ3n) is 4.27. The van der Waals surface area contributed by atoms with Gasteiger partial charge in [0, 0.05) is 32.5 Å². The number of nitrogens with one attached hydrogen (secondary N) is 2. The van der Waals surface area contributed by atoms with E-state index >= 15 is 0 Å². The zero-order valence-electron chi connectivity index (χ0n) is 15.9. The lowest BCUT2D eigenvalue weighted by molar-refractivity contribution is -0.138. The lowest BCUT2D eigenvalue weighted by atomic mass is 10.1. The quantitative estimate of drug-likeness (QED) is 0.220. The summed E-state index contributed by atoms with van der Waals surface area (Å²) in [7, 11) is 1.52. The maximum atomic E-state index is 13.2. The van der Waals surface area contributed by atoms with Crippen LogP contribution in [-0.2, 0) is 19.3 Å². The molecule has 0 radical (unpaired) electrons. The monoisotopic (exact) mass is 533 g/mol. The molecule has 10 heteroatoms. The number of hydrogen-bond acceptors (Lipinski definition) is 2. The summed E-state index contributed by atoms with van der Waals surface area (Å²) in [6, 6.07) is 10.3. The van der Waals surface area contributed by atoms with Crippen molar-refractivity contribution >= 4 is 29.9 Å². The second kappa shape index (κ2) is 10.4. The maximum absolute atomic E-state index is 13.2. The molecule has 3 aromatic rings. The highest BCUT2D eigenvalue weighted by molar-refractivity contribution is 14.0. The molecule has 2 N–H and O–H groups in total. The SMILES string of the molecule is CN=C(NCc1ccccc1-n1ccnc1)NCc1ccc(F)cc1C(F)(F)F.I. The molecule has 0 aliphatic rings. The summed E-state index contributed by atoms with van der Waals surface area (Å²) in [4.78, 5) is 8.08. The molecule has 0 aliphatic carbocycles. The first-order valence-corrected chi connectivity index (χ1v) is 8.75. The molecule has 30 heavy (non-hydrogen) atoms. The summed E-state index contributed by atoms with van der Waals surface area (Å²) < 4.78 is 54.5. The van der Waals surface area contributed by atoms with Crippen LogP contribution >= 0.6 is 24.0 Å². The van der Waals surface area contributed by atoms with Gasteiger partial charge in [-0.3, -0.25) is 4.99 Å². The first-order chi connectivity index (χ1) is 13.9. The smallest absolute Gasteiger partial charge is 0.352 e. The van der Waals surface area contributed by atoms with E-state index in [1.165, 1.54) is 7.05 Å². The second-order valence-corrected chi connectivity index (χ2v) is 6.18. The van der Waals surface area contributed by atoms with Gasteiger partial charge in [0.05, 0.1) is 17.6 Å². The molecular formula is C20H20F4IN5. The number of alkyl halides is 3. The van der Waals surface area contributed by atoms with Gasteiger partial charge in [0.25, 0.3) is 0 Å². The molecule has 0 aliphatic heterocycles. The molecular weight excluding hydrogens is 513 g/mol. The number of rotatable bonds is 5. The van der Waals surface area contributed by atoms with E-state index in [0.29, 0.717) is 18.6 Å². The van der Waals surface area contributed by atoms with Crippen molar-refractivity contribution in [2.45, 2.75) is 19.3 Å². The van der Waals surface area contributed by atoms with Gasteiger partial charge in [0.15, 0.2) is 5.96 Å². The number of imidazole rings is 1. The van der Waals surface area contributed by atoms with Crippen molar-refractivity contribution in [3.05, 3.63) is 83.7 Å². The van der Waals surface area contributed by atoms with Gasteiger partial charge in [-0.25, -0.2) is 9.37 Å². The van der Waals surface area contributed by atoms with Crippen LogP contribution in [0.4, 0.5) is 17.6 Å². The van der Waals surface area contributed by atoms with E-state index in [0.717, 1.165) is 23.4 Å². The van der Waals surface area contributed by atoms with Crippen molar-refractivity contribution in [2.24, 2.45) is 4.99 Å². The van der Waals surface area contributed by atoms with Crippen molar-refractivity contribution in [3.8, 4) is 5.69 Å². The fourth-order valence-electron chi connectivity index (χ4n) is 2.86. The molecule has 1 heterocycles. The van der Waals surface area contributed by atoms with E-state index in [4.69, 9.17) is 0 Å². The zero-order chi connectivity index (χ0) is 20.9. The fraction of sp³-hybridized carbons (Fsp3) is 0.200. The van der Waals surface area contributed by atoms with Crippen molar-refractivity contribution in [1.29, 1.82) is 0 Å². The minimum Gasteiger partial charge on any atom is -0.352 e. The summed E-state index contributed by atoms with van der Waals surface area (Å²) in [5, 5.41) is 5.92. The number of hydrogen-bond donors (Lipinski definition) is 2. The van der Waals surface area contributed by atoms with E-state index < -0.39 is 17.6 Å². The predicted octanol–water partition coefficient (Wildman–Crippen LogP) is 4.51. The van der Waals surface area contributed by atoms with Crippen LogP contribution in [-0.4, -0.2) is 22.6 Å². The molecule has 0 fully saturated rings. The molecule has 5 nitrogen and oxygen atoms in total. The van der Waals surface area contributed by atoms with Crippen molar-refractivity contribution in [2.75, 3.05) is 7.05 Å². The molecule has 1 aromatic heterocycles. The van der Waals surface area contributed by atoms with Crippen LogP contribution in [0.1, 0.15) is 16.7 Å². The Balaban J connectivity index is 0.00000320. The molecule has 0 bridgehead atoms. The summed E-state index contributed by atoms with van der Waals surface area (Å²) in [6.07, 6.45) is 0.531. The van der Waals surface area contributed by atoms with Gasteiger partial charge in [-0.05, 0) is 29.3 Å². The summed E-state index contributed by atoms with van der Waals surface area (Å²) >= 11 is 0. The molecule has 3 rings (SSSR count). The van der Waals surface area contributed by atoms with Crippen LogP contribution in [0.2, 0.25) is 0 Å². The van der Waals surface area contributed by atoms with Crippen LogP contribution in [0.25, 0.3) is 5.69 Å². The van der Waals surface area contributed by atoms with Crippen LogP contribution in [0.5, 0.6) is 0 Å². The van der Waals surface area contributed by atoms with E-state index in [2.05, 4.69) is 20.6 Å². The lowest BCUT2D eigenvalue weighted by Gasteiger charge is -2.17. The Hall–Kier alpha value is -2.63. The van der Waals surface area contributed by atoms with Gasteiger partial charge in [-0.2, -0.15) is 13.2 Å². The Morgan fingerprint density at radius 1 is 1.07 bits per heavy atom. The average Bonchev–Trinajstić information content (AvgIpc) is 3.23. The lowest BCUT2D eigenvalue weighted by Crippen LogP contribution is -2.37. The number of guanidine groups is 1. The van der Waals surface area contributed by atoms with Crippen LogP contribution in [0.3, 0.4) is 0 Å². The number of para-hydroxylation sites is 1. The number of nitrogens with zero attached hydrogens (tertiary/aromatic N) is 3. The maximum Gasteiger partial charge on any atom is 0.416 e. The highest BCUT2D eigenvalue weighted by Gasteiger charge is 2.33. The van der Waals surface area contributed by atoms with E-state index in [1.807, 2.05) is 35.0 Å². The number of halogens is 5. The Labute approximate surface area is 188 Å². The second-order valence-electron chi connectivity index (χ2n) is 6.18. The average molecular weight is 533 g/mol. The van der Waals surface area contributed by atoms with Gasteiger partial charge in [-0.15, -0.1) is 24.0 Å². The normalized spacial score (nSPS) is 11.7. The molecule has 160 valence electrons. The molecule has 0 atom stereocenters. The highest BCUT2D eigenvalue weighted by Crippen LogP contribution is 2.32. The third kappa shape index (κ3) is 5.94. The predicted molar refractivity (Wildman–Crippen MR) is 117 cm³/mol. The van der Waals surface area contributed by atoms with Crippen molar-refractivity contribution in [1.82, 2.24) is 20.2 Å². The molecule has 0 saturated heterocycles. The standard InChI is InChI=1S/C20H19F4N5.HI/c1-25-19(27-11-14-6-7-16(21)10-17(14)20(22,23)24)28-12-15-4-2-3-5-18(15)29-9-8-26-13-29;/h2-10,13H,11-12H2,1H3,(H2,25,27,28);1H. The number of aliphatic imine (C=N–C) groups is 1. The Bertz CT molecular complexity index is 987. The third-order valence-corrected chi connectivity index (χ3v) is 4.27. The van der Waals surface area contributed by atoms with Crippen molar-refractivity contribution < 1.29 is 17.6 Å². The topological polar surface area (TPSA) is 54.2 Å². The Morgan fingerprint density at radius 2 is 1.77 bits per heavy atom. The Kier molecular flexibility index (Phi) is 8.21. The number of aromatic nitrogens is 2. The van der Waals surface area contributed by atoms with Crippen LogP contribution in [0.15, 0.2) is 66.2 Å². The molecule has 0 amide bonds. The minimum absolute atomic E-state index is 0. The first kappa shape index (κ1) is 23.6. The number of benzene rings is 2. The molecule has 0 unspecified atom stereocenters. The molecule has 0 spiro atoms. The summed E-state index contributed by atoms with van der Waals surface area (Å²) in [5.41, 5.74) is 0.795.